The predicted molar refractivity (Wildman–Crippen MR) is 134 cm³/mol. The Hall–Kier alpha value is -4.18. The molecule has 5 aromatic rings. The SMILES string of the molecule is C/C(=N\NC(=O)Cn1c2ccccc2c2nc3ccccc3nc21)c1ccc([N+](=O)[O-])cc1Br. The summed E-state index contributed by atoms with van der Waals surface area (Å²) < 4.78 is 2.34. The van der Waals surface area contributed by atoms with Crippen molar-refractivity contribution in [2.45, 2.75) is 13.5 Å². The lowest BCUT2D eigenvalue weighted by Gasteiger charge is -2.08. The van der Waals surface area contributed by atoms with Crippen LogP contribution in [0.2, 0.25) is 0 Å². The maximum atomic E-state index is 12.8. The summed E-state index contributed by atoms with van der Waals surface area (Å²) in [5.74, 6) is -0.338. The largest absolute Gasteiger partial charge is 0.314 e. The van der Waals surface area contributed by atoms with Crippen molar-refractivity contribution in [2.24, 2.45) is 5.10 Å². The van der Waals surface area contributed by atoms with Crippen LogP contribution in [0, 0.1) is 10.1 Å². The van der Waals surface area contributed by atoms with Gasteiger partial charge in [0.25, 0.3) is 11.6 Å². The van der Waals surface area contributed by atoms with Crippen LogP contribution in [0.5, 0.6) is 0 Å². The Labute approximate surface area is 201 Å². The van der Waals surface area contributed by atoms with Crippen molar-refractivity contribution in [3.63, 3.8) is 0 Å². The first-order chi connectivity index (χ1) is 16.4. The Balaban J connectivity index is 1.46. The Kier molecular flexibility index (Phi) is 5.50. The molecular weight excluding hydrogens is 500 g/mol. The van der Waals surface area contributed by atoms with Gasteiger partial charge in [0.2, 0.25) is 0 Å². The fourth-order valence-electron chi connectivity index (χ4n) is 3.84. The van der Waals surface area contributed by atoms with E-state index < -0.39 is 4.92 Å². The molecule has 9 nitrogen and oxygen atoms in total. The van der Waals surface area contributed by atoms with Gasteiger partial charge in [-0.15, -0.1) is 0 Å². The van der Waals surface area contributed by atoms with Gasteiger partial charge in [0.15, 0.2) is 5.65 Å². The van der Waals surface area contributed by atoms with E-state index >= 15 is 0 Å². The normalized spacial score (nSPS) is 11.9. The molecule has 0 aliphatic carbocycles. The van der Waals surface area contributed by atoms with E-state index in [2.05, 4.69) is 26.5 Å². The van der Waals surface area contributed by atoms with Gasteiger partial charge in [-0.1, -0.05) is 30.3 Å². The molecule has 1 amide bonds. The van der Waals surface area contributed by atoms with Gasteiger partial charge < -0.3 is 4.57 Å². The second kappa shape index (κ2) is 8.64. The average molecular weight is 517 g/mol. The quantitative estimate of drug-likeness (QED) is 0.201. The van der Waals surface area contributed by atoms with E-state index in [-0.39, 0.29) is 18.1 Å². The molecule has 2 heterocycles. The maximum Gasteiger partial charge on any atom is 0.270 e. The molecule has 0 atom stereocenters. The number of carbonyl (C=O) groups is 1. The van der Waals surface area contributed by atoms with Crippen LogP contribution in [0.15, 0.2) is 76.3 Å². The third kappa shape index (κ3) is 3.88. The number of nitro groups is 1. The average Bonchev–Trinajstić information content (AvgIpc) is 3.13. The van der Waals surface area contributed by atoms with E-state index in [0.717, 1.165) is 27.5 Å². The molecule has 0 aliphatic heterocycles. The lowest BCUT2D eigenvalue weighted by atomic mass is 10.1. The second-order valence-electron chi connectivity index (χ2n) is 7.64. The van der Waals surface area contributed by atoms with Crippen LogP contribution in [0.3, 0.4) is 0 Å². The molecule has 0 bridgehead atoms. The number of halogens is 1. The summed E-state index contributed by atoms with van der Waals surface area (Å²) in [5.41, 5.74) is 7.42. The van der Waals surface area contributed by atoms with Crippen LogP contribution >= 0.6 is 15.9 Å². The van der Waals surface area contributed by atoms with Crippen molar-refractivity contribution >= 4 is 66.3 Å². The zero-order valence-electron chi connectivity index (χ0n) is 17.9. The van der Waals surface area contributed by atoms with E-state index in [4.69, 9.17) is 9.97 Å². The van der Waals surface area contributed by atoms with Crippen molar-refractivity contribution in [3.05, 3.63) is 86.9 Å². The third-order valence-electron chi connectivity index (χ3n) is 5.46. The molecule has 0 unspecified atom stereocenters. The third-order valence-corrected chi connectivity index (χ3v) is 6.12. The first kappa shape index (κ1) is 21.7. The van der Waals surface area contributed by atoms with Gasteiger partial charge in [-0.25, -0.2) is 15.4 Å². The zero-order valence-corrected chi connectivity index (χ0v) is 19.5. The molecule has 3 aromatic carbocycles. The van der Waals surface area contributed by atoms with Gasteiger partial charge in [-0.05, 0) is 47.1 Å². The van der Waals surface area contributed by atoms with Crippen molar-refractivity contribution in [3.8, 4) is 0 Å². The summed E-state index contributed by atoms with van der Waals surface area (Å²) in [4.78, 5) is 32.9. The van der Waals surface area contributed by atoms with Crippen LogP contribution < -0.4 is 5.43 Å². The Morgan fingerprint density at radius 2 is 1.79 bits per heavy atom. The minimum atomic E-state index is -0.472. The predicted octanol–water partition coefficient (Wildman–Crippen LogP) is 4.95. The number of para-hydroxylation sites is 3. The molecule has 0 saturated carbocycles. The van der Waals surface area contributed by atoms with E-state index in [1.165, 1.54) is 12.1 Å². The molecule has 34 heavy (non-hydrogen) atoms. The second-order valence-corrected chi connectivity index (χ2v) is 8.50. The number of aromatic nitrogens is 3. The highest BCUT2D eigenvalue weighted by Crippen LogP contribution is 2.28. The molecule has 0 saturated heterocycles. The summed E-state index contributed by atoms with van der Waals surface area (Å²) in [6.45, 7) is 1.71. The van der Waals surface area contributed by atoms with Gasteiger partial charge in [0.1, 0.15) is 12.1 Å². The first-order valence-corrected chi connectivity index (χ1v) is 11.1. The maximum absolute atomic E-state index is 12.8. The molecule has 0 spiro atoms. The highest BCUT2D eigenvalue weighted by atomic mass is 79.9. The number of rotatable bonds is 5. The highest BCUT2D eigenvalue weighted by Gasteiger charge is 2.17. The molecule has 5 rings (SSSR count). The number of hydrazone groups is 1. The number of amides is 1. The van der Waals surface area contributed by atoms with Crippen molar-refractivity contribution in [1.82, 2.24) is 20.0 Å². The molecule has 168 valence electrons. The first-order valence-electron chi connectivity index (χ1n) is 10.3. The zero-order chi connectivity index (χ0) is 23.8. The van der Waals surface area contributed by atoms with Crippen molar-refractivity contribution in [1.29, 1.82) is 0 Å². The number of fused-ring (bicyclic) bond motifs is 4. The van der Waals surface area contributed by atoms with Crippen LogP contribution in [0.1, 0.15) is 12.5 Å². The number of hydrogen-bond donors (Lipinski definition) is 1. The van der Waals surface area contributed by atoms with E-state index in [1.807, 2.05) is 53.1 Å². The summed E-state index contributed by atoms with van der Waals surface area (Å²) in [5, 5.41) is 16.0. The highest BCUT2D eigenvalue weighted by molar-refractivity contribution is 9.10. The van der Waals surface area contributed by atoms with E-state index in [1.54, 1.807) is 13.0 Å². The monoisotopic (exact) mass is 516 g/mol. The number of benzene rings is 3. The summed E-state index contributed by atoms with van der Waals surface area (Å²) in [7, 11) is 0. The minimum absolute atomic E-state index is 0.00472. The van der Waals surface area contributed by atoms with Crippen LogP contribution in [-0.2, 0) is 11.3 Å². The number of hydrogen-bond acceptors (Lipinski definition) is 6. The fraction of sp³-hybridized carbons (Fsp3) is 0.0833. The Bertz CT molecular complexity index is 1640. The van der Waals surface area contributed by atoms with Crippen LogP contribution in [0.4, 0.5) is 5.69 Å². The number of nitro benzene ring substituents is 1. The molecule has 1 N–H and O–H groups in total. The van der Waals surface area contributed by atoms with Gasteiger partial charge in [0.05, 0.1) is 27.2 Å². The number of nitrogens with zero attached hydrogens (tertiary/aromatic N) is 5. The Morgan fingerprint density at radius 1 is 1.09 bits per heavy atom. The van der Waals surface area contributed by atoms with Gasteiger partial charge >= 0.3 is 0 Å². The number of non-ortho nitro benzene ring substituents is 1. The van der Waals surface area contributed by atoms with E-state index in [9.17, 15) is 14.9 Å². The smallest absolute Gasteiger partial charge is 0.270 e. The van der Waals surface area contributed by atoms with Crippen LogP contribution in [0.25, 0.3) is 33.1 Å². The van der Waals surface area contributed by atoms with Crippen molar-refractivity contribution in [2.75, 3.05) is 0 Å². The van der Waals surface area contributed by atoms with Crippen molar-refractivity contribution < 1.29 is 9.72 Å². The number of carbonyl (C=O) groups excluding carboxylic acids is 1. The summed E-state index contributed by atoms with van der Waals surface area (Å²) in [6, 6.07) is 19.7. The molecule has 10 heteroatoms. The van der Waals surface area contributed by atoms with Gasteiger partial charge in [-0.3, -0.25) is 14.9 Å². The molecular formula is C24H17BrN6O3. The summed E-state index contributed by atoms with van der Waals surface area (Å²) >= 11 is 3.33. The molecule has 0 radical (unpaired) electrons. The standard InChI is InChI=1S/C24H17BrN6O3/c1-14(16-11-10-15(31(33)34)12-18(16)25)28-29-22(32)13-30-21-9-5-2-6-17(21)23-24(30)27-20-8-4-3-7-19(20)26-23/h2-12H,13H2,1H3,(H,29,32)/b28-14+. The molecule has 0 fully saturated rings. The Morgan fingerprint density at radius 3 is 2.53 bits per heavy atom. The van der Waals surface area contributed by atoms with Gasteiger partial charge in [-0.2, -0.15) is 5.10 Å². The topological polar surface area (TPSA) is 115 Å². The minimum Gasteiger partial charge on any atom is -0.314 e. The van der Waals surface area contributed by atoms with Gasteiger partial charge in [0, 0.05) is 27.6 Å². The molecule has 0 aliphatic rings. The lowest BCUT2D eigenvalue weighted by Crippen LogP contribution is -2.24. The fourth-order valence-corrected chi connectivity index (χ4v) is 4.49. The lowest BCUT2D eigenvalue weighted by molar-refractivity contribution is -0.384. The van der Waals surface area contributed by atoms with Crippen LogP contribution in [-0.4, -0.2) is 31.1 Å². The molecule has 2 aromatic heterocycles. The van der Waals surface area contributed by atoms with E-state index in [0.29, 0.717) is 21.4 Å². The number of nitrogens with one attached hydrogen (secondary N) is 1. The summed E-state index contributed by atoms with van der Waals surface area (Å²) in [6.07, 6.45) is 0.